The summed E-state index contributed by atoms with van der Waals surface area (Å²) in [5, 5.41) is 8.58. The molecule has 0 aromatic carbocycles. The van der Waals surface area contributed by atoms with Crippen LogP contribution in [0.25, 0.3) is 0 Å². The zero-order chi connectivity index (χ0) is 9.14. The SMILES string of the molecule is CC(CC(=O)O)N(C)C1CCC1. The summed E-state index contributed by atoms with van der Waals surface area (Å²) in [6.45, 7) is 1.98. The predicted molar refractivity (Wildman–Crippen MR) is 47.1 cm³/mol. The van der Waals surface area contributed by atoms with Crippen LogP contribution in [0.2, 0.25) is 0 Å². The number of hydrogen-bond acceptors (Lipinski definition) is 2. The van der Waals surface area contributed by atoms with Gasteiger partial charge in [0.15, 0.2) is 0 Å². The molecule has 1 N–H and O–H groups in total. The van der Waals surface area contributed by atoms with Gasteiger partial charge in [0, 0.05) is 12.1 Å². The Morgan fingerprint density at radius 3 is 2.58 bits per heavy atom. The molecule has 0 aromatic heterocycles. The van der Waals surface area contributed by atoms with Gasteiger partial charge in [-0.05, 0) is 26.8 Å². The first-order valence-corrected chi connectivity index (χ1v) is 4.55. The van der Waals surface area contributed by atoms with Crippen LogP contribution in [0.15, 0.2) is 0 Å². The maximum Gasteiger partial charge on any atom is 0.304 e. The number of rotatable bonds is 4. The highest BCUT2D eigenvalue weighted by Gasteiger charge is 2.26. The molecule has 70 valence electrons. The van der Waals surface area contributed by atoms with Crippen LogP contribution in [0.5, 0.6) is 0 Å². The van der Waals surface area contributed by atoms with Crippen molar-refractivity contribution in [1.29, 1.82) is 0 Å². The molecule has 0 radical (unpaired) electrons. The summed E-state index contributed by atoms with van der Waals surface area (Å²) in [5.41, 5.74) is 0. The molecule has 3 nitrogen and oxygen atoms in total. The van der Waals surface area contributed by atoms with Crippen molar-refractivity contribution >= 4 is 5.97 Å². The molecule has 0 saturated heterocycles. The second kappa shape index (κ2) is 3.90. The Kier molecular flexibility index (Phi) is 3.09. The molecule has 0 amide bonds. The zero-order valence-corrected chi connectivity index (χ0v) is 7.79. The molecule has 1 saturated carbocycles. The third-order valence-electron chi connectivity index (χ3n) is 2.82. The van der Waals surface area contributed by atoms with Crippen molar-refractivity contribution in [1.82, 2.24) is 4.90 Å². The van der Waals surface area contributed by atoms with E-state index in [0.29, 0.717) is 6.04 Å². The normalized spacial score (nSPS) is 20.6. The lowest BCUT2D eigenvalue weighted by Gasteiger charge is -2.38. The lowest BCUT2D eigenvalue weighted by atomic mass is 9.90. The molecule has 0 aromatic rings. The van der Waals surface area contributed by atoms with Crippen molar-refractivity contribution in [2.75, 3.05) is 7.05 Å². The van der Waals surface area contributed by atoms with Crippen LogP contribution >= 0.6 is 0 Å². The van der Waals surface area contributed by atoms with Crippen molar-refractivity contribution in [3.8, 4) is 0 Å². The fraction of sp³-hybridized carbons (Fsp3) is 0.889. The smallest absolute Gasteiger partial charge is 0.304 e. The summed E-state index contributed by atoms with van der Waals surface area (Å²) in [5.74, 6) is -0.700. The van der Waals surface area contributed by atoms with Crippen molar-refractivity contribution in [2.24, 2.45) is 0 Å². The molecular formula is C9H17NO2. The summed E-state index contributed by atoms with van der Waals surface area (Å²) >= 11 is 0. The topological polar surface area (TPSA) is 40.5 Å². The van der Waals surface area contributed by atoms with E-state index in [1.807, 2.05) is 14.0 Å². The summed E-state index contributed by atoms with van der Waals surface area (Å²) in [6, 6.07) is 0.812. The highest BCUT2D eigenvalue weighted by Crippen LogP contribution is 2.25. The molecule has 1 aliphatic rings. The summed E-state index contributed by atoms with van der Waals surface area (Å²) in [7, 11) is 2.03. The molecule has 0 spiro atoms. The van der Waals surface area contributed by atoms with Gasteiger partial charge in [-0.1, -0.05) is 6.42 Å². The van der Waals surface area contributed by atoms with Gasteiger partial charge in [0.25, 0.3) is 0 Å². The zero-order valence-electron chi connectivity index (χ0n) is 7.79. The summed E-state index contributed by atoms with van der Waals surface area (Å²) in [6.07, 6.45) is 4.03. The van der Waals surface area contributed by atoms with E-state index in [1.54, 1.807) is 0 Å². The second-order valence-corrected chi connectivity index (χ2v) is 3.70. The van der Waals surface area contributed by atoms with Crippen LogP contribution in [0.3, 0.4) is 0 Å². The van der Waals surface area contributed by atoms with Crippen LogP contribution < -0.4 is 0 Å². The molecule has 1 aliphatic carbocycles. The molecule has 12 heavy (non-hydrogen) atoms. The van der Waals surface area contributed by atoms with Gasteiger partial charge in [-0.3, -0.25) is 4.79 Å². The van der Waals surface area contributed by atoms with Crippen molar-refractivity contribution in [3.05, 3.63) is 0 Å². The Morgan fingerprint density at radius 2 is 2.25 bits per heavy atom. The quantitative estimate of drug-likeness (QED) is 0.693. The Hall–Kier alpha value is -0.570. The number of aliphatic carboxylic acids is 1. The molecule has 1 atom stereocenters. The largest absolute Gasteiger partial charge is 0.481 e. The van der Waals surface area contributed by atoms with Crippen molar-refractivity contribution < 1.29 is 9.90 Å². The van der Waals surface area contributed by atoms with Crippen LogP contribution in [0.1, 0.15) is 32.6 Å². The van der Waals surface area contributed by atoms with Crippen molar-refractivity contribution in [3.63, 3.8) is 0 Å². The highest BCUT2D eigenvalue weighted by atomic mass is 16.4. The molecule has 1 rings (SSSR count). The first-order valence-electron chi connectivity index (χ1n) is 4.55. The highest BCUT2D eigenvalue weighted by molar-refractivity contribution is 5.67. The van der Waals surface area contributed by atoms with E-state index in [2.05, 4.69) is 4.90 Å². The Bertz CT molecular complexity index is 166. The number of carboxylic acids is 1. The van der Waals surface area contributed by atoms with E-state index >= 15 is 0 Å². The number of nitrogens with zero attached hydrogens (tertiary/aromatic N) is 1. The standard InChI is InChI=1S/C9H17NO2/c1-7(6-9(11)12)10(2)8-4-3-5-8/h7-8H,3-6H2,1-2H3,(H,11,12). The van der Waals surface area contributed by atoms with E-state index in [9.17, 15) is 4.79 Å². The van der Waals surface area contributed by atoms with Gasteiger partial charge in [0.1, 0.15) is 0 Å². The monoisotopic (exact) mass is 171 g/mol. The fourth-order valence-corrected chi connectivity index (χ4v) is 1.55. The van der Waals surface area contributed by atoms with Gasteiger partial charge < -0.3 is 10.0 Å². The molecule has 0 heterocycles. The number of carboxylic acid groups (broad SMARTS) is 1. The lowest BCUT2D eigenvalue weighted by Crippen LogP contribution is -2.43. The van der Waals surface area contributed by atoms with Crippen LogP contribution in [0, 0.1) is 0 Å². The number of hydrogen-bond donors (Lipinski definition) is 1. The van der Waals surface area contributed by atoms with Gasteiger partial charge in [-0.2, -0.15) is 0 Å². The van der Waals surface area contributed by atoms with E-state index in [-0.39, 0.29) is 12.5 Å². The van der Waals surface area contributed by atoms with E-state index in [4.69, 9.17) is 5.11 Å². The molecular weight excluding hydrogens is 154 g/mol. The molecule has 1 fully saturated rings. The lowest BCUT2D eigenvalue weighted by molar-refractivity contribution is -0.138. The minimum absolute atomic E-state index is 0.174. The minimum Gasteiger partial charge on any atom is -0.481 e. The Labute approximate surface area is 73.4 Å². The third-order valence-corrected chi connectivity index (χ3v) is 2.82. The average Bonchev–Trinajstić information content (AvgIpc) is 1.81. The number of carbonyl (C=O) groups is 1. The van der Waals surface area contributed by atoms with Crippen LogP contribution in [0.4, 0.5) is 0 Å². The summed E-state index contributed by atoms with van der Waals surface area (Å²) < 4.78 is 0. The second-order valence-electron chi connectivity index (χ2n) is 3.70. The Balaban J connectivity index is 2.29. The summed E-state index contributed by atoms with van der Waals surface area (Å²) in [4.78, 5) is 12.6. The van der Waals surface area contributed by atoms with Gasteiger partial charge in [-0.15, -0.1) is 0 Å². The van der Waals surface area contributed by atoms with Gasteiger partial charge >= 0.3 is 5.97 Å². The maximum atomic E-state index is 10.4. The molecule has 0 aliphatic heterocycles. The molecule has 3 heteroatoms. The van der Waals surface area contributed by atoms with Crippen molar-refractivity contribution in [2.45, 2.75) is 44.7 Å². The predicted octanol–water partition coefficient (Wildman–Crippen LogP) is 1.33. The Morgan fingerprint density at radius 1 is 1.67 bits per heavy atom. The van der Waals surface area contributed by atoms with Gasteiger partial charge in [0.2, 0.25) is 0 Å². The average molecular weight is 171 g/mol. The minimum atomic E-state index is -0.700. The first kappa shape index (κ1) is 9.52. The van der Waals surface area contributed by atoms with Crippen LogP contribution in [-0.2, 0) is 4.79 Å². The molecule has 1 unspecified atom stereocenters. The first-order chi connectivity index (χ1) is 5.61. The van der Waals surface area contributed by atoms with E-state index < -0.39 is 5.97 Å². The van der Waals surface area contributed by atoms with Crippen LogP contribution in [-0.4, -0.2) is 35.1 Å². The third kappa shape index (κ3) is 2.21. The molecule has 0 bridgehead atoms. The fourth-order valence-electron chi connectivity index (χ4n) is 1.55. The van der Waals surface area contributed by atoms with E-state index in [0.717, 1.165) is 0 Å². The maximum absolute atomic E-state index is 10.4. The van der Waals surface area contributed by atoms with Gasteiger partial charge in [-0.25, -0.2) is 0 Å². The van der Waals surface area contributed by atoms with E-state index in [1.165, 1.54) is 19.3 Å². The van der Waals surface area contributed by atoms with Gasteiger partial charge in [0.05, 0.1) is 6.42 Å².